The van der Waals surface area contributed by atoms with Crippen molar-refractivity contribution in [3.63, 3.8) is 0 Å². The van der Waals surface area contributed by atoms with Gasteiger partial charge in [0.15, 0.2) is 5.82 Å². The van der Waals surface area contributed by atoms with Gasteiger partial charge in [-0.15, -0.1) is 10.2 Å². The Morgan fingerprint density at radius 3 is 2.58 bits per heavy atom. The zero-order valence-corrected chi connectivity index (χ0v) is 17.4. The summed E-state index contributed by atoms with van der Waals surface area (Å²) in [6.07, 6.45) is 3.79. The van der Waals surface area contributed by atoms with Gasteiger partial charge in [0, 0.05) is 29.9 Å². The molecule has 1 fully saturated rings. The highest BCUT2D eigenvalue weighted by Crippen LogP contribution is 2.20. The van der Waals surface area contributed by atoms with Crippen LogP contribution >= 0.6 is 0 Å². The molecule has 7 heteroatoms. The SMILES string of the molecule is O=C(NCCN1CCCCC1)c1cccc(Nc2ccc(-c3cccc(F)c3)nn2)c1. The van der Waals surface area contributed by atoms with Crippen molar-refractivity contribution in [2.45, 2.75) is 19.3 Å². The zero-order chi connectivity index (χ0) is 21.5. The van der Waals surface area contributed by atoms with Crippen LogP contribution in [0.1, 0.15) is 29.6 Å². The van der Waals surface area contributed by atoms with Crippen LogP contribution in [0.5, 0.6) is 0 Å². The van der Waals surface area contributed by atoms with Crippen LogP contribution in [-0.4, -0.2) is 47.2 Å². The predicted molar refractivity (Wildman–Crippen MR) is 120 cm³/mol. The van der Waals surface area contributed by atoms with Crippen molar-refractivity contribution in [1.29, 1.82) is 0 Å². The quantitative estimate of drug-likeness (QED) is 0.599. The highest BCUT2D eigenvalue weighted by atomic mass is 19.1. The summed E-state index contributed by atoms with van der Waals surface area (Å²) in [5.74, 6) is 0.142. The van der Waals surface area contributed by atoms with E-state index in [1.54, 1.807) is 36.4 Å². The highest BCUT2D eigenvalue weighted by Gasteiger charge is 2.11. The van der Waals surface area contributed by atoms with Crippen molar-refractivity contribution in [1.82, 2.24) is 20.4 Å². The first-order chi connectivity index (χ1) is 15.2. The first-order valence-corrected chi connectivity index (χ1v) is 10.6. The smallest absolute Gasteiger partial charge is 0.251 e. The van der Waals surface area contributed by atoms with Crippen LogP contribution in [0.2, 0.25) is 0 Å². The number of rotatable bonds is 7. The highest BCUT2D eigenvalue weighted by molar-refractivity contribution is 5.95. The van der Waals surface area contributed by atoms with E-state index < -0.39 is 0 Å². The van der Waals surface area contributed by atoms with E-state index >= 15 is 0 Å². The van der Waals surface area contributed by atoms with Crippen molar-refractivity contribution in [3.8, 4) is 11.3 Å². The van der Waals surface area contributed by atoms with E-state index in [1.807, 2.05) is 12.1 Å². The summed E-state index contributed by atoms with van der Waals surface area (Å²) in [5, 5.41) is 14.5. The molecule has 0 aliphatic carbocycles. The molecule has 0 radical (unpaired) electrons. The van der Waals surface area contributed by atoms with E-state index in [2.05, 4.69) is 25.7 Å². The van der Waals surface area contributed by atoms with Gasteiger partial charge in [-0.05, 0) is 68.4 Å². The fourth-order valence-corrected chi connectivity index (χ4v) is 3.70. The van der Waals surface area contributed by atoms with Gasteiger partial charge >= 0.3 is 0 Å². The Balaban J connectivity index is 1.34. The van der Waals surface area contributed by atoms with E-state index in [0.29, 0.717) is 29.2 Å². The number of carbonyl (C=O) groups is 1. The van der Waals surface area contributed by atoms with E-state index in [-0.39, 0.29) is 11.7 Å². The molecule has 0 spiro atoms. The average molecular weight is 420 g/mol. The second-order valence-electron chi connectivity index (χ2n) is 7.68. The summed E-state index contributed by atoms with van der Waals surface area (Å²) in [7, 11) is 0. The van der Waals surface area contributed by atoms with Gasteiger partial charge in [-0.1, -0.05) is 24.6 Å². The molecular weight excluding hydrogens is 393 g/mol. The molecular formula is C24H26FN5O. The number of benzene rings is 2. The van der Waals surface area contributed by atoms with E-state index in [0.717, 1.165) is 25.3 Å². The lowest BCUT2D eigenvalue weighted by molar-refractivity contribution is 0.0946. The lowest BCUT2D eigenvalue weighted by Crippen LogP contribution is -2.37. The number of carbonyl (C=O) groups excluding carboxylic acids is 1. The molecule has 3 aromatic rings. The molecule has 31 heavy (non-hydrogen) atoms. The standard InChI is InChI=1S/C24H26FN5O/c25-20-8-4-6-18(16-20)22-10-11-23(29-28-22)27-21-9-5-7-19(17-21)24(31)26-12-15-30-13-2-1-3-14-30/h4-11,16-17H,1-3,12-15H2,(H,26,31)(H,27,29). The van der Waals surface area contributed by atoms with Crippen molar-refractivity contribution >= 4 is 17.4 Å². The summed E-state index contributed by atoms with van der Waals surface area (Å²) in [5.41, 5.74) is 2.60. The fraction of sp³-hybridized carbons (Fsp3) is 0.292. The van der Waals surface area contributed by atoms with Crippen LogP contribution in [0.25, 0.3) is 11.3 Å². The van der Waals surface area contributed by atoms with E-state index in [4.69, 9.17) is 0 Å². The summed E-state index contributed by atoms with van der Waals surface area (Å²) < 4.78 is 13.4. The Kier molecular flexibility index (Phi) is 6.84. The lowest BCUT2D eigenvalue weighted by Gasteiger charge is -2.26. The molecule has 0 unspecified atom stereocenters. The second-order valence-corrected chi connectivity index (χ2v) is 7.68. The largest absolute Gasteiger partial charge is 0.351 e. The molecule has 2 aromatic carbocycles. The summed E-state index contributed by atoms with van der Waals surface area (Å²) in [6.45, 7) is 3.77. The Labute approximate surface area is 181 Å². The first kappa shape index (κ1) is 20.9. The third kappa shape index (κ3) is 5.86. The molecule has 0 atom stereocenters. The molecule has 2 heterocycles. The van der Waals surface area contributed by atoms with Crippen molar-refractivity contribution in [3.05, 3.63) is 72.0 Å². The molecule has 4 rings (SSSR count). The summed E-state index contributed by atoms with van der Waals surface area (Å²) >= 11 is 0. The number of piperidine rings is 1. The third-order valence-electron chi connectivity index (χ3n) is 5.34. The Hall–Kier alpha value is -3.32. The summed E-state index contributed by atoms with van der Waals surface area (Å²) in [4.78, 5) is 14.9. The molecule has 6 nitrogen and oxygen atoms in total. The number of likely N-dealkylation sites (tertiary alicyclic amines) is 1. The maximum absolute atomic E-state index is 13.4. The number of nitrogens with zero attached hydrogens (tertiary/aromatic N) is 3. The van der Waals surface area contributed by atoms with Crippen LogP contribution in [0, 0.1) is 5.82 Å². The Morgan fingerprint density at radius 2 is 1.81 bits per heavy atom. The molecule has 1 aliphatic rings. The van der Waals surface area contributed by atoms with Crippen molar-refractivity contribution in [2.75, 3.05) is 31.5 Å². The maximum atomic E-state index is 13.4. The van der Waals surface area contributed by atoms with Gasteiger partial charge in [-0.3, -0.25) is 4.79 Å². The average Bonchev–Trinajstić information content (AvgIpc) is 2.80. The Bertz CT molecular complexity index is 1020. The van der Waals surface area contributed by atoms with Gasteiger partial charge < -0.3 is 15.5 Å². The van der Waals surface area contributed by atoms with E-state index in [9.17, 15) is 9.18 Å². The normalized spacial score (nSPS) is 14.2. The third-order valence-corrected chi connectivity index (χ3v) is 5.34. The molecule has 2 N–H and O–H groups in total. The molecule has 0 saturated carbocycles. The number of nitrogens with one attached hydrogen (secondary N) is 2. The van der Waals surface area contributed by atoms with E-state index in [1.165, 1.54) is 31.4 Å². The molecule has 1 amide bonds. The van der Waals surface area contributed by atoms with Crippen LogP contribution < -0.4 is 10.6 Å². The molecule has 1 aliphatic heterocycles. The number of anilines is 2. The van der Waals surface area contributed by atoms with Crippen molar-refractivity contribution < 1.29 is 9.18 Å². The van der Waals surface area contributed by atoms with Gasteiger partial charge in [-0.2, -0.15) is 0 Å². The van der Waals surface area contributed by atoms with Crippen LogP contribution in [0.15, 0.2) is 60.7 Å². The lowest BCUT2D eigenvalue weighted by atomic mass is 10.1. The molecule has 1 saturated heterocycles. The monoisotopic (exact) mass is 419 g/mol. The molecule has 0 bridgehead atoms. The van der Waals surface area contributed by atoms with Crippen molar-refractivity contribution in [2.24, 2.45) is 0 Å². The van der Waals surface area contributed by atoms with Gasteiger partial charge in [0.05, 0.1) is 5.69 Å². The number of amides is 1. The fourth-order valence-electron chi connectivity index (χ4n) is 3.70. The number of hydrogen-bond donors (Lipinski definition) is 2. The maximum Gasteiger partial charge on any atom is 0.251 e. The predicted octanol–water partition coefficient (Wildman–Crippen LogP) is 4.24. The van der Waals surface area contributed by atoms with Crippen LogP contribution in [-0.2, 0) is 0 Å². The van der Waals surface area contributed by atoms with Gasteiger partial charge in [-0.25, -0.2) is 4.39 Å². The molecule has 160 valence electrons. The van der Waals surface area contributed by atoms with Crippen LogP contribution in [0.4, 0.5) is 15.9 Å². The first-order valence-electron chi connectivity index (χ1n) is 10.6. The summed E-state index contributed by atoms with van der Waals surface area (Å²) in [6, 6.07) is 17.1. The van der Waals surface area contributed by atoms with Gasteiger partial charge in [0.1, 0.15) is 5.82 Å². The van der Waals surface area contributed by atoms with Gasteiger partial charge in [0.25, 0.3) is 5.91 Å². The Morgan fingerprint density at radius 1 is 0.968 bits per heavy atom. The van der Waals surface area contributed by atoms with Gasteiger partial charge in [0.2, 0.25) is 0 Å². The second kappa shape index (κ2) is 10.1. The topological polar surface area (TPSA) is 70.2 Å². The minimum atomic E-state index is -0.312. The number of aromatic nitrogens is 2. The minimum Gasteiger partial charge on any atom is -0.351 e. The minimum absolute atomic E-state index is 0.0896. The van der Waals surface area contributed by atoms with Crippen LogP contribution in [0.3, 0.4) is 0 Å². The zero-order valence-electron chi connectivity index (χ0n) is 17.4. The number of halogens is 1. The molecule has 1 aromatic heterocycles. The number of hydrogen-bond acceptors (Lipinski definition) is 5.